The van der Waals surface area contributed by atoms with Crippen molar-refractivity contribution in [3.63, 3.8) is 0 Å². The second-order valence-corrected chi connectivity index (χ2v) is 9.13. The van der Waals surface area contributed by atoms with Gasteiger partial charge in [0.2, 0.25) is 0 Å². The molecule has 2 heterocycles. The van der Waals surface area contributed by atoms with Crippen LogP contribution in [0.4, 0.5) is 0 Å². The van der Waals surface area contributed by atoms with E-state index in [4.69, 9.17) is 11.6 Å². The molecule has 0 radical (unpaired) electrons. The highest BCUT2D eigenvalue weighted by Gasteiger charge is 2.19. The Morgan fingerprint density at radius 3 is 2.41 bits per heavy atom. The summed E-state index contributed by atoms with van der Waals surface area (Å²) < 4.78 is 0. The van der Waals surface area contributed by atoms with E-state index in [1.807, 2.05) is 12.1 Å². The van der Waals surface area contributed by atoms with Gasteiger partial charge >= 0.3 is 0 Å². The minimum absolute atomic E-state index is 0.692. The Labute approximate surface area is 181 Å². The van der Waals surface area contributed by atoms with Gasteiger partial charge in [0.25, 0.3) is 0 Å². The molecule has 4 rings (SSSR count). The van der Waals surface area contributed by atoms with Gasteiger partial charge in [-0.05, 0) is 92.5 Å². The minimum atomic E-state index is 0.692. The Kier molecular flexibility index (Phi) is 7.07. The normalized spacial score (nSPS) is 19.4. The molecule has 154 valence electrons. The van der Waals surface area contributed by atoms with E-state index in [1.54, 1.807) is 5.56 Å². The number of piperidine rings is 1. The van der Waals surface area contributed by atoms with Crippen LogP contribution in [-0.4, -0.2) is 49.6 Å². The van der Waals surface area contributed by atoms with Gasteiger partial charge in [-0.2, -0.15) is 0 Å². The number of nitrogens with zero attached hydrogens (tertiary/aromatic N) is 2. The Hall–Kier alpha value is -1.61. The molecule has 0 spiro atoms. The number of rotatable bonds is 5. The zero-order chi connectivity index (χ0) is 20.1. The molecule has 29 heavy (non-hydrogen) atoms. The predicted octanol–water partition coefficient (Wildman–Crippen LogP) is 5.65. The topological polar surface area (TPSA) is 6.48 Å². The molecule has 0 amide bonds. The maximum absolute atomic E-state index is 6.02. The number of likely N-dealkylation sites (tertiary alicyclic amines) is 1. The molecule has 0 atom stereocenters. The van der Waals surface area contributed by atoms with Crippen molar-refractivity contribution in [3.8, 4) is 0 Å². The van der Waals surface area contributed by atoms with Crippen molar-refractivity contribution < 1.29 is 0 Å². The van der Waals surface area contributed by atoms with Crippen LogP contribution in [0.2, 0.25) is 5.02 Å². The number of hydrogen-bond donors (Lipinski definition) is 0. The summed E-state index contributed by atoms with van der Waals surface area (Å²) in [7, 11) is 2.23. The molecule has 0 aromatic heterocycles. The smallest absolute Gasteiger partial charge is 0.0406 e. The van der Waals surface area contributed by atoms with Crippen molar-refractivity contribution in [1.29, 1.82) is 0 Å². The van der Waals surface area contributed by atoms with E-state index < -0.39 is 0 Å². The first kappa shape index (κ1) is 20.7. The van der Waals surface area contributed by atoms with Crippen molar-refractivity contribution in [2.24, 2.45) is 0 Å². The standard InChI is InChI=1S/C26H33ClN2/c1-28-16-11-23-6-5-21(20-25(23)12-17-28)4-2-3-15-29-18-13-24(14-19-29)22-7-9-26(27)10-8-22/h2,4-10,20,24H,3,11-19H2,1H3/b4-2+. The van der Waals surface area contributed by atoms with E-state index in [2.05, 4.69) is 59.3 Å². The van der Waals surface area contributed by atoms with Crippen LogP contribution < -0.4 is 0 Å². The monoisotopic (exact) mass is 408 g/mol. The van der Waals surface area contributed by atoms with Gasteiger partial charge in [-0.15, -0.1) is 0 Å². The summed E-state index contributed by atoms with van der Waals surface area (Å²) in [5.74, 6) is 0.692. The largest absolute Gasteiger partial charge is 0.306 e. The lowest BCUT2D eigenvalue weighted by Gasteiger charge is -2.32. The Morgan fingerprint density at radius 1 is 0.931 bits per heavy atom. The van der Waals surface area contributed by atoms with Crippen molar-refractivity contribution >= 4 is 17.7 Å². The highest BCUT2D eigenvalue weighted by Crippen LogP contribution is 2.29. The highest BCUT2D eigenvalue weighted by molar-refractivity contribution is 6.30. The van der Waals surface area contributed by atoms with Gasteiger partial charge in [-0.25, -0.2) is 0 Å². The summed E-state index contributed by atoms with van der Waals surface area (Å²) in [6.07, 6.45) is 10.7. The van der Waals surface area contributed by atoms with Crippen LogP contribution in [-0.2, 0) is 12.8 Å². The number of fused-ring (bicyclic) bond motifs is 1. The van der Waals surface area contributed by atoms with Crippen molar-refractivity contribution in [3.05, 3.63) is 75.8 Å². The second-order valence-electron chi connectivity index (χ2n) is 8.69. The fourth-order valence-electron chi connectivity index (χ4n) is 4.66. The molecule has 0 bridgehead atoms. The number of hydrogen-bond acceptors (Lipinski definition) is 2. The van der Waals surface area contributed by atoms with Crippen LogP contribution >= 0.6 is 11.6 Å². The van der Waals surface area contributed by atoms with E-state index in [0.717, 1.165) is 11.4 Å². The molecule has 0 unspecified atom stereocenters. The van der Waals surface area contributed by atoms with Gasteiger partial charge in [0.1, 0.15) is 0 Å². The molecule has 0 saturated carbocycles. The summed E-state index contributed by atoms with van der Waals surface area (Å²) in [5.41, 5.74) is 5.88. The quantitative estimate of drug-likeness (QED) is 0.630. The molecule has 2 aliphatic heterocycles. The molecule has 2 nitrogen and oxygen atoms in total. The van der Waals surface area contributed by atoms with Crippen LogP contribution in [0, 0.1) is 0 Å². The molecule has 1 saturated heterocycles. The van der Waals surface area contributed by atoms with E-state index in [0.29, 0.717) is 5.92 Å². The number of halogens is 1. The molecular weight excluding hydrogens is 376 g/mol. The molecule has 2 aromatic rings. The van der Waals surface area contributed by atoms with Crippen LogP contribution in [0.3, 0.4) is 0 Å². The zero-order valence-electron chi connectivity index (χ0n) is 17.6. The van der Waals surface area contributed by atoms with E-state index in [-0.39, 0.29) is 0 Å². The van der Waals surface area contributed by atoms with Gasteiger partial charge in [0.05, 0.1) is 0 Å². The first-order chi connectivity index (χ1) is 14.2. The molecular formula is C26H33ClN2. The fraction of sp³-hybridized carbons (Fsp3) is 0.462. The highest BCUT2D eigenvalue weighted by atomic mass is 35.5. The Balaban J connectivity index is 1.23. The fourth-order valence-corrected chi connectivity index (χ4v) is 4.79. The van der Waals surface area contributed by atoms with E-state index >= 15 is 0 Å². The molecule has 1 fully saturated rings. The summed E-state index contributed by atoms with van der Waals surface area (Å²) in [4.78, 5) is 5.05. The molecule has 2 aromatic carbocycles. The summed E-state index contributed by atoms with van der Waals surface area (Å²) in [5, 5.41) is 0.833. The second kappa shape index (κ2) is 9.93. The van der Waals surface area contributed by atoms with E-state index in [1.165, 1.54) is 75.1 Å². The third-order valence-electron chi connectivity index (χ3n) is 6.61. The minimum Gasteiger partial charge on any atom is -0.306 e. The molecule has 2 aliphatic rings. The van der Waals surface area contributed by atoms with Gasteiger partial charge < -0.3 is 9.80 Å². The maximum atomic E-state index is 6.02. The van der Waals surface area contributed by atoms with Crippen molar-refractivity contribution in [1.82, 2.24) is 9.80 Å². The molecule has 3 heteroatoms. The van der Waals surface area contributed by atoms with Gasteiger partial charge in [0, 0.05) is 24.7 Å². The van der Waals surface area contributed by atoms with Gasteiger partial charge in [0.15, 0.2) is 0 Å². The SMILES string of the molecule is CN1CCc2ccc(/C=C/CCN3CCC(c4ccc(Cl)cc4)CC3)cc2CC1. The predicted molar refractivity (Wildman–Crippen MR) is 125 cm³/mol. The molecule has 0 aliphatic carbocycles. The first-order valence-corrected chi connectivity index (χ1v) is 11.5. The Bertz CT molecular complexity index is 819. The summed E-state index contributed by atoms with van der Waals surface area (Å²) in [6.45, 7) is 5.92. The van der Waals surface area contributed by atoms with Gasteiger partial charge in [-0.3, -0.25) is 0 Å². The Morgan fingerprint density at radius 2 is 1.66 bits per heavy atom. The molecule has 0 N–H and O–H groups in total. The number of likely N-dealkylation sites (N-methyl/N-ethyl adjacent to an activating group) is 1. The van der Waals surface area contributed by atoms with Crippen LogP contribution in [0.1, 0.15) is 47.4 Å². The van der Waals surface area contributed by atoms with Crippen LogP contribution in [0.15, 0.2) is 48.5 Å². The van der Waals surface area contributed by atoms with Crippen molar-refractivity contribution in [2.45, 2.75) is 38.0 Å². The first-order valence-electron chi connectivity index (χ1n) is 11.1. The maximum Gasteiger partial charge on any atom is 0.0406 e. The summed E-state index contributed by atoms with van der Waals surface area (Å²) in [6, 6.07) is 15.5. The lowest BCUT2D eigenvalue weighted by molar-refractivity contribution is 0.216. The third-order valence-corrected chi connectivity index (χ3v) is 6.86. The zero-order valence-corrected chi connectivity index (χ0v) is 18.4. The van der Waals surface area contributed by atoms with Crippen molar-refractivity contribution in [2.75, 3.05) is 39.8 Å². The average molecular weight is 409 g/mol. The van der Waals surface area contributed by atoms with E-state index in [9.17, 15) is 0 Å². The van der Waals surface area contributed by atoms with Crippen LogP contribution in [0.5, 0.6) is 0 Å². The van der Waals surface area contributed by atoms with Crippen LogP contribution in [0.25, 0.3) is 6.08 Å². The third kappa shape index (κ3) is 5.72. The van der Waals surface area contributed by atoms with Gasteiger partial charge in [-0.1, -0.05) is 54.1 Å². The lowest BCUT2D eigenvalue weighted by atomic mass is 9.89. The number of benzene rings is 2. The average Bonchev–Trinajstić information content (AvgIpc) is 2.94. The summed E-state index contributed by atoms with van der Waals surface area (Å²) >= 11 is 6.02. The lowest BCUT2D eigenvalue weighted by Crippen LogP contribution is -2.33.